The minimum atomic E-state index is -4.17. The molecule has 0 aliphatic carbocycles. The van der Waals surface area contributed by atoms with Crippen LogP contribution in [0.4, 0.5) is 13.2 Å². The van der Waals surface area contributed by atoms with E-state index in [2.05, 4.69) is 10.3 Å². The van der Waals surface area contributed by atoms with Crippen LogP contribution in [0.1, 0.15) is 18.5 Å². The van der Waals surface area contributed by atoms with Gasteiger partial charge in [0.05, 0.1) is 25.1 Å². The lowest BCUT2D eigenvalue weighted by atomic mass is 9.96. The van der Waals surface area contributed by atoms with Gasteiger partial charge in [-0.2, -0.15) is 13.2 Å². The Morgan fingerprint density at radius 3 is 2.62 bits per heavy atom. The summed E-state index contributed by atoms with van der Waals surface area (Å²) in [5.74, 6) is -0.314. The maximum absolute atomic E-state index is 12.3. The van der Waals surface area contributed by atoms with Crippen molar-refractivity contribution in [1.29, 1.82) is 0 Å². The first kappa shape index (κ1) is 15.8. The van der Waals surface area contributed by atoms with Crippen molar-refractivity contribution in [2.24, 2.45) is 13.0 Å². The van der Waals surface area contributed by atoms with Gasteiger partial charge in [-0.1, -0.05) is 0 Å². The van der Waals surface area contributed by atoms with Crippen LogP contribution >= 0.6 is 0 Å². The average Bonchev–Trinajstić information content (AvgIpc) is 2.81. The number of likely N-dealkylation sites (tertiary alicyclic amines) is 1. The summed E-state index contributed by atoms with van der Waals surface area (Å²) in [6, 6.07) is 0. The fraction of sp³-hybridized carbons (Fsp3) is 0.692. The van der Waals surface area contributed by atoms with E-state index in [0.29, 0.717) is 32.5 Å². The summed E-state index contributed by atoms with van der Waals surface area (Å²) >= 11 is 0. The predicted octanol–water partition coefficient (Wildman–Crippen LogP) is 1.31. The summed E-state index contributed by atoms with van der Waals surface area (Å²) < 4.78 is 38.6. The molecule has 0 aromatic carbocycles. The van der Waals surface area contributed by atoms with Crippen LogP contribution in [0.5, 0.6) is 0 Å². The number of nitrogens with one attached hydrogen (secondary N) is 1. The Bertz CT molecular complexity index is 478. The Morgan fingerprint density at radius 2 is 2.10 bits per heavy atom. The third kappa shape index (κ3) is 5.04. The van der Waals surface area contributed by atoms with E-state index in [1.54, 1.807) is 10.9 Å². The number of aryl methyl sites for hydroxylation is 1. The highest BCUT2D eigenvalue weighted by Gasteiger charge is 2.33. The van der Waals surface area contributed by atoms with Gasteiger partial charge in [-0.25, -0.2) is 4.98 Å². The van der Waals surface area contributed by atoms with Gasteiger partial charge in [0.1, 0.15) is 0 Å². The SMILES string of the molecule is Cn1cnc(CNC(=O)C2CCN(CC(F)(F)F)CC2)c1. The molecule has 1 aliphatic heterocycles. The number of nitrogens with zero attached hydrogens (tertiary/aromatic N) is 3. The molecule has 21 heavy (non-hydrogen) atoms. The van der Waals surface area contributed by atoms with E-state index >= 15 is 0 Å². The molecule has 2 heterocycles. The summed E-state index contributed by atoms with van der Waals surface area (Å²) in [5, 5.41) is 2.79. The second kappa shape index (κ2) is 6.46. The molecule has 0 bridgehead atoms. The van der Waals surface area contributed by atoms with E-state index in [9.17, 15) is 18.0 Å². The third-order valence-corrected chi connectivity index (χ3v) is 3.56. The van der Waals surface area contributed by atoms with E-state index < -0.39 is 12.7 Å². The molecule has 1 aromatic rings. The first-order chi connectivity index (χ1) is 9.83. The van der Waals surface area contributed by atoms with Crippen molar-refractivity contribution in [3.8, 4) is 0 Å². The van der Waals surface area contributed by atoms with Crippen molar-refractivity contribution < 1.29 is 18.0 Å². The standard InChI is InChI=1S/C13H19F3N4O/c1-19-7-11(18-9-19)6-17-12(21)10-2-4-20(5-3-10)8-13(14,15)16/h7,9-10H,2-6,8H2,1H3,(H,17,21). The van der Waals surface area contributed by atoms with Gasteiger partial charge >= 0.3 is 6.18 Å². The number of aromatic nitrogens is 2. The number of carbonyl (C=O) groups excluding carboxylic acids is 1. The lowest BCUT2D eigenvalue weighted by Gasteiger charge is -2.31. The Balaban J connectivity index is 1.73. The molecule has 0 spiro atoms. The molecule has 1 N–H and O–H groups in total. The number of hydrogen-bond donors (Lipinski definition) is 1. The molecule has 1 aliphatic rings. The van der Waals surface area contributed by atoms with Crippen LogP contribution in [0.2, 0.25) is 0 Å². The van der Waals surface area contributed by atoms with Gasteiger partial charge in [0.2, 0.25) is 5.91 Å². The third-order valence-electron chi connectivity index (χ3n) is 3.56. The van der Waals surface area contributed by atoms with Crippen molar-refractivity contribution in [1.82, 2.24) is 19.8 Å². The highest BCUT2D eigenvalue weighted by atomic mass is 19.4. The molecule has 1 fully saturated rings. The summed E-state index contributed by atoms with van der Waals surface area (Å²) in [4.78, 5) is 17.4. The number of rotatable bonds is 4. The lowest BCUT2D eigenvalue weighted by molar-refractivity contribution is -0.149. The van der Waals surface area contributed by atoms with E-state index in [0.717, 1.165) is 5.69 Å². The molecule has 1 saturated heterocycles. The zero-order valence-electron chi connectivity index (χ0n) is 11.9. The topological polar surface area (TPSA) is 50.2 Å². The molecule has 1 aromatic heterocycles. The minimum absolute atomic E-state index is 0.104. The Kier molecular flexibility index (Phi) is 4.87. The van der Waals surface area contributed by atoms with Crippen LogP contribution in [0, 0.1) is 5.92 Å². The highest BCUT2D eigenvalue weighted by Crippen LogP contribution is 2.22. The Hall–Kier alpha value is -1.57. The van der Waals surface area contributed by atoms with Crippen LogP contribution in [-0.4, -0.2) is 46.2 Å². The van der Waals surface area contributed by atoms with Gasteiger partial charge in [0, 0.05) is 19.2 Å². The summed E-state index contributed by atoms with van der Waals surface area (Å²) in [5.41, 5.74) is 0.764. The molecular weight excluding hydrogens is 285 g/mol. The van der Waals surface area contributed by atoms with Crippen LogP contribution < -0.4 is 5.32 Å². The summed E-state index contributed by atoms with van der Waals surface area (Å²) in [6.07, 6.45) is 0.214. The second-order valence-electron chi connectivity index (χ2n) is 5.41. The molecule has 0 saturated carbocycles. The van der Waals surface area contributed by atoms with Crippen molar-refractivity contribution >= 4 is 5.91 Å². The molecule has 0 unspecified atom stereocenters. The zero-order chi connectivity index (χ0) is 15.5. The van der Waals surface area contributed by atoms with Crippen molar-refractivity contribution in [2.45, 2.75) is 25.6 Å². The highest BCUT2D eigenvalue weighted by molar-refractivity contribution is 5.78. The van der Waals surface area contributed by atoms with E-state index in [1.165, 1.54) is 4.90 Å². The van der Waals surface area contributed by atoms with Gasteiger partial charge in [-0.3, -0.25) is 9.69 Å². The largest absolute Gasteiger partial charge is 0.401 e. The van der Waals surface area contributed by atoms with Crippen molar-refractivity contribution in [3.05, 3.63) is 18.2 Å². The quantitative estimate of drug-likeness (QED) is 0.912. The Labute approximate surface area is 121 Å². The lowest BCUT2D eigenvalue weighted by Crippen LogP contribution is -2.43. The molecular formula is C13H19F3N4O. The number of piperidine rings is 1. The van der Waals surface area contributed by atoms with Gasteiger partial charge < -0.3 is 9.88 Å². The van der Waals surface area contributed by atoms with Gasteiger partial charge in [-0.15, -0.1) is 0 Å². The first-order valence-corrected chi connectivity index (χ1v) is 6.87. The van der Waals surface area contributed by atoms with Crippen LogP contribution in [0.15, 0.2) is 12.5 Å². The number of halogens is 3. The number of hydrogen-bond acceptors (Lipinski definition) is 3. The number of imidazole rings is 1. The summed E-state index contributed by atoms with van der Waals surface area (Å²) in [7, 11) is 1.84. The van der Waals surface area contributed by atoms with E-state index in [-0.39, 0.29) is 11.8 Å². The zero-order valence-corrected chi connectivity index (χ0v) is 11.9. The van der Waals surface area contributed by atoms with Crippen LogP contribution in [0.25, 0.3) is 0 Å². The normalized spacial score (nSPS) is 17.9. The first-order valence-electron chi connectivity index (χ1n) is 6.87. The van der Waals surface area contributed by atoms with Gasteiger partial charge in [0.15, 0.2) is 0 Å². The average molecular weight is 304 g/mol. The Morgan fingerprint density at radius 1 is 1.43 bits per heavy atom. The molecule has 2 rings (SSSR count). The monoisotopic (exact) mass is 304 g/mol. The molecule has 8 heteroatoms. The van der Waals surface area contributed by atoms with Crippen LogP contribution in [0.3, 0.4) is 0 Å². The fourth-order valence-corrected chi connectivity index (χ4v) is 2.49. The summed E-state index contributed by atoms with van der Waals surface area (Å²) in [6.45, 7) is 0.0695. The maximum Gasteiger partial charge on any atom is 0.401 e. The minimum Gasteiger partial charge on any atom is -0.350 e. The number of alkyl halides is 3. The maximum atomic E-state index is 12.3. The number of amides is 1. The van der Waals surface area contributed by atoms with Crippen LogP contribution in [-0.2, 0) is 18.4 Å². The fourth-order valence-electron chi connectivity index (χ4n) is 2.49. The molecule has 5 nitrogen and oxygen atoms in total. The van der Waals surface area contributed by atoms with Gasteiger partial charge in [0.25, 0.3) is 0 Å². The van der Waals surface area contributed by atoms with E-state index in [4.69, 9.17) is 0 Å². The van der Waals surface area contributed by atoms with Crippen molar-refractivity contribution in [2.75, 3.05) is 19.6 Å². The van der Waals surface area contributed by atoms with E-state index in [1.807, 2.05) is 13.2 Å². The second-order valence-corrected chi connectivity index (χ2v) is 5.41. The number of carbonyl (C=O) groups is 1. The van der Waals surface area contributed by atoms with Crippen molar-refractivity contribution in [3.63, 3.8) is 0 Å². The molecule has 118 valence electrons. The molecule has 0 radical (unpaired) electrons. The molecule has 1 amide bonds. The molecule has 0 atom stereocenters. The van der Waals surface area contributed by atoms with Gasteiger partial charge in [-0.05, 0) is 25.9 Å². The smallest absolute Gasteiger partial charge is 0.350 e. The predicted molar refractivity (Wildman–Crippen MR) is 70.3 cm³/mol.